The Balaban J connectivity index is 1.52. The summed E-state index contributed by atoms with van der Waals surface area (Å²) in [6.07, 6.45) is 1.46. The van der Waals surface area contributed by atoms with Crippen LogP contribution in [0.2, 0.25) is 0 Å². The van der Waals surface area contributed by atoms with E-state index < -0.39 is 17.2 Å². The average Bonchev–Trinajstić information content (AvgIpc) is 3.15. The highest BCUT2D eigenvalue weighted by Crippen LogP contribution is 2.07. The van der Waals surface area contributed by atoms with Gasteiger partial charge in [-0.3, -0.25) is 23.5 Å². The van der Waals surface area contributed by atoms with Crippen LogP contribution in [-0.4, -0.2) is 43.7 Å². The van der Waals surface area contributed by atoms with E-state index in [1.54, 1.807) is 16.7 Å². The van der Waals surface area contributed by atoms with E-state index in [9.17, 15) is 19.2 Å². The highest BCUT2D eigenvalue weighted by Gasteiger charge is 2.14. The number of imidazole rings is 1. The van der Waals surface area contributed by atoms with Crippen molar-refractivity contribution in [3.05, 3.63) is 62.6 Å². The average molecular weight is 413 g/mol. The molecule has 1 aromatic carbocycles. The highest BCUT2D eigenvalue weighted by molar-refractivity contribution is 5.95. The van der Waals surface area contributed by atoms with Gasteiger partial charge in [0.15, 0.2) is 11.2 Å². The minimum atomic E-state index is -0.468. The van der Waals surface area contributed by atoms with Crippen LogP contribution in [0.25, 0.3) is 11.2 Å². The molecule has 0 aliphatic carbocycles. The van der Waals surface area contributed by atoms with Gasteiger partial charge in [0.25, 0.3) is 11.5 Å². The molecule has 2 heterocycles. The lowest BCUT2D eigenvalue weighted by atomic mass is 10.1. The molecule has 1 amide bonds. The number of aryl methyl sites for hydroxylation is 2. The molecule has 0 aliphatic heterocycles. The molecule has 3 aromatic rings. The topological polar surface area (TPSA) is 117 Å². The third-order valence-corrected chi connectivity index (χ3v) is 4.82. The molecule has 10 nitrogen and oxygen atoms in total. The van der Waals surface area contributed by atoms with Crippen LogP contribution in [0, 0.1) is 6.92 Å². The lowest BCUT2D eigenvalue weighted by Crippen LogP contribution is -2.37. The summed E-state index contributed by atoms with van der Waals surface area (Å²) in [5, 5.41) is 2.69. The normalized spacial score (nSPS) is 10.9. The van der Waals surface area contributed by atoms with Gasteiger partial charge in [-0.05, 0) is 18.6 Å². The first kappa shape index (κ1) is 21.0. The summed E-state index contributed by atoms with van der Waals surface area (Å²) in [7, 11) is 2.93. The van der Waals surface area contributed by atoms with Crippen LogP contribution in [0.3, 0.4) is 0 Å². The minimum Gasteiger partial charge on any atom is -0.464 e. The van der Waals surface area contributed by atoms with Crippen molar-refractivity contribution in [2.24, 2.45) is 14.1 Å². The predicted molar refractivity (Wildman–Crippen MR) is 109 cm³/mol. The van der Waals surface area contributed by atoms with Crippen molar-refractivity contribution in [1.82, 2.24) is 24.0 Å². The van der Waals surface area contributed by atoms with Gasteiger partial charge in [0.2, 0.25) is 0 Å². The predicted octanol–water partition coefficient (Wildman–Crippen LogP) is 0.105. The molecule has 1 N–H and O–H groups in total. The van der Waals surface area contributed by atoms with Crippen molar-refractivity contribution >= 4 is 23.0 Å². The van der Waals surface area contributed by atoms with Crippen molar-refractivity contribution in [2.45, 2.75) is 19.9 Å². The van der Waals surface area contributed by atoms with E-state index in [1.165, 1.54) is 25.0 Å². The Morgan fingerprint density at radius 3 is 2.60 bits per heavy atom. The van der Waals surface area contributed by atoms with Crippen LogP contribution in [0.5, 0.6) is 0 Å². The van der Waals surface area contributed by atoms with E-state index >= 15 is 0 Å². The standard InChI is InChI=1S/C20H23N5O5/c1-13-6-4-5-7-14(13)18(27)21-9-8-15(26)30-11-10-25-12-22-17-16(25)19(28)24(3)20(29)23(17)2/h4-7,12H,8-11H2,1-3H3,(H,21,27). The maximum Gasteiger partial charge on any atom is 0.332 e. The number of hydrogen-bond donors (Lipinski definition) is 1. The molecular formula is C20H23N5O5. The molecule has 0 atom stereocenters. The van der Waals surface area contributed by atoms with E-state index in [0.29, 0.717) is 5.56 Å². The van der Waals surface area contributed by atoms with Crippen LogP contribution < -0.4 is 16.6 Å². The van der Waals surface area contributed by atoms with E-state index in [2.05, 4.69) is 10.3 Å². The fraction of sp³-hybridized carbons (Fsp3) is 0.350. The summed E-state index contributed by atoms with van der Waals surface area (Å²) in [6, 6.07) is 7.19. The van der Waals surface area contributed by atoms with E-state index in [4.69, 9.17) is 4.74 Å². The number of fused-ring (bicyclic) bond motifs is 1. The number of carbonyl (C=O) groups excluding carboxylic acids is 2. The largest absolute Gasteiger partial charge is 0.464 e. The first-order chi connectivity index (χ1) is 14.3. The SMILES string of the molecule is Cc1ccccc1C(=O)NCCC(=O)OCCn1cnc2c1c(=O)n(C)c(=O)n2C. The van der Waals surface area contributed by atoms with E-state index in [1.807, 2.05) is 19.1 Å². The zero-order valence-corrected chi connectivity index (χ0v) is 17.0. The highest BCUT2D eigenvalue weighted by atomic mass is 16.5. The smallest absolute Gasteiger partial charge is 0.332 e. The van der Waals surface area contributed by atoms with Crippen molar-refractivity contribution < 1.29 is 14.3 Å². The minimum absolute atomic E-state index is 0.0264. The van der Waals surface area contributed by atoms with E-state index in [0.717, 1.165) is 10.1 Å². The van der Waals surface area contributed by atoms with Gasteiger partial charge in [-0.2, -0.15) is 0 Å². The Bertz CT molecular complexity index is 1220. The zero-order valence-electron chi connectivity index (χ0n) is 17.0. The quantitative estimate of drug-likeness (QED) is 0.549. The number of amides is 1. The summed E-state index contributed by atoms with van der Waals surface area (Å²) in [5.74, 6) is -0.711. The number of hydrogen-bond acceptors (Lipinski definition) is 6. The van der Waals surface area contributed by atoms with Gasteiger partial charge < -0.3 is 14.6 Å². The third kappa shape index (κ3) is 4.17. The summed E-state index contributed by atoms with van der Waals surface area (Å²) in [5.41, 5.74) is 1.03. The Hall–Kier alpha value is -3.69. The fourth-order valence-electron chi connectivity index (χ4n) is 3.10. The monoisotopic (exact) mass is 413 g/mol. The van der Waals surface area contributed by atoms with E-state index in [-0.39, 0.29) is 43.2 Å². The molecule has 0 unspecified atom stereocenters. The molecule has 2 aromatic heterocycles. The molecule has 0 spiro atoms. The van der Waals surface area contributed by atoms with Crippen molar-refractivity contribution in [3.8, 4) is 0 Å². The zero-order chi connectivity index (χ0) is 21.8. The van der Waals surface area contributed by atoms with Crippen LogP contribution >= 0.6 is 0 Å². The second-order valence-corrected chi connectivity index (χ2v) is 6.86. The number of carbonyl (C=O) groups is 2. The number of rotatable bonds is 7. The molecule has 3 rings (SSSR count). The lowest BCUT2D eigenvalue weighted by Gasteiger charge is -2.09. The Labute approximate surface area is 171 Å². The number of nitrogens with zero attached hydrogens (tertiary/aromatic N) is 4. The maximum absolute atomic E-state index is 12.4. The van der Waals surface area contributed by atoms with Gasteiger partial charge in [0.1, 0.15) is 6.61 Å². The molecule has 0 saturated carbocycles. The van der Waals surface area contributed by atoms with Gasteiger partial charge in [-0.15, -0.1) is 0 Å². The Kier molecular flexibility index (Phi) is 6.14. The number of nitrogens with one attached hydrogen (secondary N) is 1. The Morgan fingerprint density at radius 2 is 1.87 bits per heavy atom. The van der Waals surface area contributed by atoms with Gasteiger partial charge in [-0.1, -0.05) is 18.2 Å². The van der Waals surface area contributed by atoms with Gasteiger partial charge in [0, 0.05) is 26.2 Å². The first-order valence-electron chi connectivity index (χ1n) is 9.41. The molecule has 158 valence electrons. The van der Waals surface area contributed by atoms with Gasteiger partial charge in [0.05, 0.1) is 19.3 Å². The number of benzene rings is 1. The second kappa shape index (κ2) is 8.76. The summed E-state index contributed by atoms with van der Waals surface area (Å²) < 4.78 is 9.02. The lowest BCUT2D eigenvalue weighted by molar-refractivity contribution is -0.143. The number of esters is 1. The van der Waals surface area contributed by atoms with Crippen LogP contribution in [-0.2, 0) is 30.2 Å². The van der Waals surface area contributed by atoms with Crippen LogP contribution in [0.1, 0.15) is 22.3 Å². The molecule has 10 heteroatoms. The van der Waals surface area contributed by atoms with Crippen LogP contribution in [0.4, 0.5) is 0 Å². The van der Waals surface area contributed by atoms with Crippen molar-refractivity contribution in [1.29, 1.82) is 0 Å². The third-order valence-electron chi connectivity index (χ3n) is 4.82. The molecular weight excluding hydrogens is 390 g/mol. The molecule has 0 fully saturated rings. The van der Waals surface area contributed by atoms with Crippen molar-refractivity contribution in [2.75, 3.05) is 13.2 Å². The fourth-order valence-corrected chi connectivity index (χ4v) is 3.10. The maximum atomic E-state index is 12.4. The summed E-state index contributed by atoms with van der Waals surface area (Å²) in [4.78, 5) is 52.5. The number of ether oxygens (including phenoxy) is 1. The van der Waals surface area contributed by atoms with Crippen LogP contribution in [0.15, 0.2) is 40.2 Å². The van der Waals surface area contributed by atoms with Gasteiger partial charge >= 0.3 is 11.7 Å². The summed E-state index contributed by atoms with van der Waals surface area (Å²) in [6.45, 7) is 2.24. The molecule has 30 heavy (non-hydrogen) atoms. The Morgan fingerprint density at radius 1 is 1.13 bits per heavy atom. The van der Waals surface area contributed by atoms with Gasteiger partial charge in [-0.25, -0.2) is 9.78 Å². The summed E-state index contributed by atoms with van der Waals surface area (Å²) >= 11 is 0. The first-order valence-corrected chi connectivity index (χ1v) is 9.41. The van der Waals surface area contributed by atoms with Crippen molar-refractivity contribution in [3.63, 3.8) is 0 Å². The molecule has 0 bridgehead atoms. The molecule has 0 saturated heterocycles. The number of aromatic nitrogens is 4. The molecule has 0 radical (unpaired) electrons. The molecule has 0 aliphatic rings. The second-order valence-electron chi connectivity index (χ2n) is 6.86.